The van der Waals surface area contributed by atoms with Crippen LogP contribution in [0.4, 0.5) is 0 Å². The van der Waals surface area contributed by atoms with Gasteiger partial charge in [-0.3, -0.25) is 0 Å². The Bertz CT molecular complexity index is 713. The van der Waals surface area contributed by atoms with Crippen LogP contribution in [0.15, 0.2) is 65.8 Å². The van der Waals surface area contributed by atoms with Gasteiger partial charge in [0.15, 0.2) is 0 Å². The van der Waals surface area contributed by atoms with Crippen LogP contribution < -0.4 is 0 Å². The van der Waals surface area contributed by atoms with Crippen LogP contribution in [0.25, 0.3) is 0 Å². The van der Waals surface area contributed by atoms with Crippen LogP contribution in [0.2, 0.25) is 0 Å². The molecule has 130 valence electrons. The summed E-state index contributed by atoms with van der Waals surface area (Å²) in [5.74, 6) is -1.26. The zero-order valence-electron chi connectivity index (χ0n) is 14.0. The lowest BCUT2D eigenvalue weighted by molar-refractivity contribution is -0.141. The normalized spacial score (nSPS) is 13.8. The van der Waals surface area contributed by atoms with E-state index in [4.69, 9.17) is 4.84 Å². The van der Waals surface area contributed by atoms with Crippen molar-refractivity contribution in [1.29, 1.82) is 0 Å². The van der Waals surface area contributed by atoms with Gasteiger partial charge in [0.25, 0.3) is 0 Å². The minimum absolute atomic E-state index is 0.245. The van der Waals surface area contributed by atoms with Crippen LogP contribution in [0.5, 0.6) is 0 Å². The number of oxime groups is 1. The van der Waals surface area contributed by atoms with Crippen molar-refractivity contribution in [2.24, 2.45) is 11.1 Å². The second-order valence-electron chi connectivity index (χ2n) is 5.76. The van der Waals surface area contributed by atoms with Crippen LogP contribution >= 0.6 is 0 Å². The molecule has 0 aliphatic carbocycles. The van der Waals surface area contributed by atoms with Gasteiger partial charge >= 0.3 is 5.97 Å². The van der Waals surface area contributed by atoms with Crippen molar-refractivity contribution in [3.8, 4) is 0 Å². The number of aldehydes is 1. The molecule has 5 heteroatoms. The van der Waals surface area contributed by atoms with Crippen molar-refractivity contribution in [2.75, 3.05) is 0 Å². The number of carbonyl (C=O) groups is 2. The number of aliphatic hydroxyl groups excluding tert-OH is 1. The summed E-state index contributed by atoms with van der Waals surface area (Å²) in [5, 5.41) is 14.4. The monoisotopic (exact) mass is 339 g/mol. The number of benzene rings is 2. The summed E-state index contributed by atoms with van der Waals surface area (Å²) in [6.07, 6.45) is 0.233. The molecule has 1 N–H and O–H groups in total. The van der Waals surface area contributed by atoms with E-state index in [1.165, 1.54) is 6.92 Å². The summed E-state index contributed by atoms with van der Waals surface area (Å²) in [6.45, 7) is 1.23. The lowest BCUT2D eigenvalue weighted by atomic mass is 9.90. The summed E-state index contributed by atoms with van der Waals surface area (Å²) in [7, 11) is 0. The molecule has 0 amide bonds. The number of hydrogen-bond acceptors (Lipinski definition) is 5. The molecule has 5 nitrogen and oxygen atoms in total. The van der Waals surface area contributed by atoms with Crippen LogP contribution in [0.3, 0.4) is 0 Å². The van der Waals surface area contributed by atoms with Crippen molar-refractivity contribution >= 4 is 18.0 Å². The van der Waals surface area contributed by atoms with Gasteiger partial charge in [-0.2, -0.15) is 0 Å². The van der Waals surface area contributed by atoms with E-state index < -0.39 is 18.0 Å². The van der Waals surface area contributed by atoms with Gasteiger partial charge in [0.1, 0.15) is 12.4 Å². The Labute approximate surface area is 146 Å². The molecule has 2 aromatic rings. The van der Waals surface area contributed by atoms with E-state index in [9.17, 15) is 14.7 Å². The van der Waals surface area contributed by atoms with Crippen molar-refractivity contribution in [3.63, 3.8) is 0 Å². The van der Waals surface area contributed by atoms with Crippen molar-refractivity contribution < 1.29 is 19.5 Å². The molecule has 0 bridgehead atoms. The average Bonchev–Trinajstić information content (AvgIpc) is 2.64. The van der Waals surface area contributed by atoms with E-state index in [1.54, 1.807) is 0 Å². The molecule has 25 heavy (non-hydrogen) atoms. The van der Waals surface area contributed by atoms with Crippen molar-refractivity contribution in [2.45, 2.75) is 25.9 Å². The summed E-state index contributed by atoms with van der Waals surface area (Å²) in [6, 6.07) is 18.8. The largest absolute Gasteiger partial charge is 0.386 e. The minimum Gasteiger partial charge on any atom is -0.386 e. The first kappa shape index (κ1) is 18.5. The average molecular weight is 339 g/mol. The Morgan fingerprint density at radius 1 is 1.08 bits per heavy atom. The summed E-state index contributed by atoms with van der Waals surface area (Å²) in [5.41, 5.74) is 2.08. The van der Waals surface area contributed by atoms with Crippen LogP contribution in [0.1, 0.15) is 18.1 Å². The Balaban J connectivity index is 2.19. The topological polar surface area (TPSA) is 76.0 Å². The summed E-state index contributed by atoms with van der Waals surface area (Å²) in [4.78, 5) is 27.3. The Kier molecular flexibility index (Phi) is 7.04. The predicted octanol–water partition coefficient (Wildman–Crippen LogP) is 2.57. The highest BCUT2D eigenvalue weighted by atomic mass is 16.7. The molecule has 0 aliphatic heterocycles. The van der Waals surface area contributed by atoms with Crippen LogP contribution in [0, 0.1) is 5.92 Å². The molecule has 0 fully saturated rings. The second-order valence-corrected chi connectivity index (χ2v) is 5.76. The molecule has 0 aliphatic rings. The number of nitrogens with zero attached hydrogens (tertiary/aromatic N) is 1. The number of aliphatic hydroxyl groups is 1. The third kappa shape index (κ3) is 5.97. The fraction of sp³-hybridized carbons (Fsp3) is 0.250. The first-order valence-electron chi connectivity index (χ1n) is 8.05. The lowest BCUT2D eigenvalue weighted by Gasteiger charge is -2.19. The third-order valence-electron chi connectivity index (χ3n) is 3.76. The quantitative estimate of drug-likeness (QED) is 0.347. The van der Waals surface area contributed by atoms with E-state index >= 15 is 0 Å². The van der Waals surface area contributed by atoms with Gasteiger partial charge in [0, 0.05) is 13.3 Å². The highest BCUT2D eigenvalue weighted by Crippen LogP contribution is 2.15. The first-order valence-corrected chi connectivity index (χ1v) is 8.05. The van der Waals surface area contributed by atoms with E-state index in [-0.39, 0.29) is 12.1 Å². The second kappa shape index (κ2) is 9.49. The minimum atomic E-state index is -1.14. The lowest BCUT2D eigenvalue weighted by Crippen LogP contribution is -2.33. The maximum absolute atomic E-state index is 11.5. The molecule has 2 atom stereocenters. The summed E-state index contributed by atoms with van der Waals surface area (Å²) >= 11 is 0. The molecule has 0 spiro atoms. The number of hydrogen-bond donors (Lipinski definition) is 1. The third-order valence-corrected chi connectivity index (χ3v) is 3.76. The van der Waals surface area contributed by atoms with Crippen LogP contribution in [-0.4, -0.2) is 29.2 Å². The van der Waals surface area contributed by atoms with E-state index in [0.717, 1.165) is 11.1 Å². The van der Waals surface area contributed by atoms with Gasteiger partial charge in [-0.05, 0) is 17.5 Å². The molecule has 2 aromatic carbocycles. The van der Waals surface area contributed by atoms with Crippen LogP contribution in [-0.2, 0) is 27.3 Å². The van der Waals surface area contributed by atoms with Gasteiger partial charge in [-0.1, -0.05) is 65.8 Å². The summed E-state index contributed by atoms with van der Waals surface area (Å²) < 4.78 is 0. The highest BCUT2D eigenvalue weighted by molar-refractivity contribution is 5.92. The predicted molar refractivity (Wildman–Crippen MR) is 95.1 cm³/mol. The van der Waals surface area contributed by atoms with Crippen molar-refractivity contribution in [3.05, 3.63) is 71.8 Å². The van der Waals surface area contributed by atoms with E-state index in [2.05, 4.69) is 5.16 Å². The first-order chi connectivity index (χ1) is 12.1. The molecule has 2 rings (SSSR count). The van der Waals surface area contributed by atoms with Gasteiger partial charge in [0.2, 0.25) is 0 Å². The molecule has 0 unspecified atom stereocenters. The van der Waals surface area contributed by atoms with Crippen molar-refractivity contribution in [1.82, 2.24) is 0 Å². The van der Waals surface area contributed by atoms with Gasteiger partial charge < -0.3 is 14.7 Å². The highest BCUT2D eigenvalue weighted by Gasteiger charge is 2.25. The van der Waals surface area contributed by atoms with Gasteiger partial charge in [-0.25, -0.2) is 4.79 Å². The fourth-order valence-corrected chi connectivity index (χ4v) is 2.49. The number of rotatable bonds is 8. The Hall–Kier alpha value is -2.79. The van der Waals surface area contributed by atoms with Gasteiger partial charge in [0.05, 0.1) is 11.6 Å². The fourth-order valence-electron chi connectivity index (χ4n) is 2.49. The molecule has 0 saturated carbocycles. The molecular formula is C20H21NO4. The maximum atomic E-state index is 11.5. The Morgan fingerprint density at radius 3 is 2.16 bits per heavy atom. The molecule has 0 heterocycles. The molecule has 0 saturated heterocycles. The Morgan fingerprint density at radius 2 is 1.64 bits per heavy atom. The zero-order chi connectivity index (χ0) is 18.1. The molecule has 0 aromatic heterocycles. The number of carbonyl (C=O) groups excluding carboxylic acids is 2. The molecule has 0 radical (unpaired) electrons. The maximum Gasteiger partial charge on any atom is 0.331 e. The standard InChI is InChI=1S/C20H21NO4/c1-15(23)25-21-19(13-17-10-6-3-7-11-17)20(24)18(14-22)12-16-8-4-2-5-9-16/h2-11,14,18,20,24H,12-13H2,1H3/b21-19+/t18-,20-/m1/s1. The SMILES string of the molecule is CC(=O)O/N=C(\Cc1ccccc1)[C@H](O)[C@@H](C=O)Cc1ccccc1. The molecular weight excluding hydrogens is 318 g/mol. The zero-order valence-corrected chi connectivity index (χ0v) is 14.0. The van der Waals surface area contributed by atoms with E-state index in [1.807, 2.05) is 60.7 Å². The van der Waals surface area contributed by atoms with E-state index in [0.29, 0.717) is 12.7 Å². The smallest absolute Gasteiger partial charge is 0.331 e. The van der Waals surface area contributed by atoms with Gasteiger partial charge in [-0.15, -0.1) is 0 Å².